The normalized spacial score (nSPS) is 10.6. The summed E-state index contributed by atoms with van der Waals surface area (Å²) in [4.78, 5) is 11.7. The molecular weight excluding hydrogens is 408 g/mol. The van der Waals surface area contributed by atoms with Crippen LogP contribution in [0.3, 0.4) is 0 Å². The molecule has 1 aromatic heterocycles. The van der Waals surface area contributed by atoms with Crippen LogP contribution in [-0.4, -0.2) is 36.1 Å². The van der Waals surface area contributed by atoms with Crippen molar-refractivity contribution in [3.63, 3.8) is 0 Å². The fourth-order valence-electron chi connectivity index (χ4n) is 3.28. The first-order chi connectivity index (χ1) is 15.6. The minimum Gasteiger partial charge on any atom is -0.493 e. The van der Waals surface area contributed by atoms with E-state index < -0.39 is 0 Å². The summed E-state index contributed by atoms with van der Waals surface area (Å²) in [5.41, 5.74) is 2.99. The first-order valence-corrected chi connectivity index (χ1v) is 10.8. The number of methoxy groups -OCH3 is 1. The summed E-state index contributed by atoms with van der Waals surface area (Å²) >= 11 is 0. The molecule has 0 saturated heterocycles. The lowest BCUT2D eigenvalue weighted by molar-refractivity contribution is -0.143. The van der Waals surface area contributed by atoms with Crippen LogP contribution in [0.4, 0.5) is 0 Å². The third-order valence-electron chi connectivity index (χ3n) is 4.79. The van der Waals surface area contributed by atoms with Gasteiger partial charge in [-0.15, -0.1) is 5.10 Å². The molecule has 0 aliphatic heterocycles. The topological polar surface area (TPSA) is 71.8 Å². The summed E-state index contributed by atoms with van der Waals surface area (Å²) in [6.45, 7) is 5.60. The van der Waals surface area contributed by atoms with Crippen LogP contribution >= 0.6 is 0 Å². The van der Waals surface area contributed by atoms with Crippen LogP contribution < -0.4 is 14.2 Å². The van der Waals surface area contributed by atoms with E-state index in [2.05, 4.69) is 5.10 Å². The number of aromatic nitrogens is 2. The molecule has 2 aromatic carbocycles. The maximum atomic E-state index is 11.7. The van der Waals surface area contributed by atoms with Crippen LogP contribution in [0.15, 0.2) is 54.7 Å². The Bertz CT molecular complexity index is 1000. The number of ether oxygens (including phenoxy) is 4. The SMILES string of the molecule is CCOC(=O)CCc1cn(Cc2ccc(OCc3ccccc3)c(OC)c2)nc1OCC. The predicted octanol–water partition coefficient (Wildman–Crippen LogP) is 4.41. The molecule has 7 heteroatoms. The van der Waals surface area contributed by atoms with Crippen LogP contribution in [0.1, 0.15) is 37.0 Å². The van der Waals surface area contributed by atoms with Gasteiger partial charge in [0, 0.05) is 18.2 Å². The second kappa shape index (κ2) is 11.8. The van der Waals surface area contributed by atoms with Gasteiger partial charge >= 0.3 is 5.97 Å². The van der Waals surface area contributed by atoms with E-state index >= 15 is 0 Å². The van der Waals surface area contributed by atoms with Gasteiger partial charge < -0.3 is 18.9 Å². The van der Waals surface area contributed by atoms with Crippen LogP contribution in [0.25, 0.3) is 0 Å². The van der Waals surface area contributed by atoms with Crippen molar-refractivity contribution in [2.24, 2.45) is 0 Å². The molecule has 3 rings (SSSR count). The molecule has 0 spiro atoms. The monoisotopic (exact) mass is 438 g/mol. The van der Waals surface area contributed by atoms with Crippen molar-refractivity contribution in [2.45, 2.75) is 39.8 Å². The Morgan fingerprint density at radius 1 is 0.969 bits per heavy atom. The zero-order chi connectivity index (χ0) is 22.8. The van der Waals surface area contributed by atoms with E-state index in [0.29, 0.717) is 56.6 Å². The minimum absolute atomic E-state index is 0.224. The molecule has 0 aliphatic carbocycles. The fourth-order valence-corrected chi connectivity index (χ4v) is 3.28. The summed E-state index contributed by atoms with van der Waals surface area (Å²) in [5.74, 6) is 1.67. The fraction of sp³-hybridized carbons (Fsp3) is 0.360. The highest BCUT2D eigenvalue weighted by Crippen LogP contribution is 2.29. The first kappa shape index (κ1) is 23.2. The Hall–Kier alpha value is -3.48. The van der Waals surface area contributed by atoms with E-state index in [1.54, 1.807) is 14.0 Å². The summed E-state index contributed by atoms with van der Waals surface area (Å²) in [6.07, 6.45) is 2.72. The van der Waals surface area contributed by atoms with E-state index in [9.17, 15) is 4.79 Å². The molecule has 3 aromatic rings. The van der Waals surface area contributed by atoms with Crippen molar-refractivity contribution in [1.29, 1.82) is 0 Å². The number of hydrogen-bond donors (Lipinski definition) is 0. The maximum absolute atomic E-state index is 11.7. The summed E-state index contributed by atoms with van der Waals surface area (Å²) in [6, 6.07) is 15.8. The van der Waals surface area contributed by atoms with Gasteiger partial charge in [0.05, 0.1) is 26.9 Å². The molecular formula is C25H30N2O5. The van der Waals surface area contributed by atoms with Crippen LogP contribution in [0.5, 0.6) is 17.4 Å². The molecule has 0 aliphatic rings. The quantitative estimate of drug-likeness (QED) is 0.390. The molecule has 0 N–H and O–H groups in total. The van der Waals surface area contributed by atoms with Crippen LogP contribution in [-0.2, 0) is 29.1 Å². The Morgan fingerprint density at radius 3 is 2.50 bits per heavy atom. The molecule has 0 amide bonds. The molecule has 170 valence electrons. The zero-order valence-electron chi connectivity index (χ0n) is 18.9. The van der Waals surface area contributed by atoms with Crippen molar-refractivity contribution in [2.75, 3.05) is 20.3 Å². The van der Waals surface area contributed by atoms with Gasteiger partial charge in [-0.3, -0.25) is 9.48 Å². The molecule has 0 bridgehead atoms. The number of esters is 1. The van der Waals surface area contributed by atoms with Crippen molar-refractivity contribution < 1.29 is 23.7 Å². The maximum Gasteiger partial charge on any atom is 0.306 e. The Balaban J connectivity index is 1.69. The number of hydrogen-bond acceptors (Lipinski definition) is 6. The van der Waals surface area contributed by atoms with E-state index in [1.807, 2.05) is 66.3 Å². The Kier molecular flexibility index (Phi) is 8.54. The highest BCUT2D eigenvalue weighted by molar-refractivity contribution is 5.69. The lowest BCUT2D eigenvalue weighted by atomic mass is 10.2. The van der Waals surface area contributed by atoms with Crippen LogP contribution in [0.2, 0.25) is 0 Å². The second-order valence-electron chi connectivity index (χ2n) is 7.15. The number of carbonyl (C=O) groups is 1. The Labute approximate surface area is 188 Å². The summed E-state index contributed by atoms with van der Waals surface area (Å²) < 4.78 is 24.0. The average Bonchev–Trinajstić information content (AvgIpc) is 3.19. The van der Waals surface area contributed by atoms with Gasteiger partial charge in [-0.1, -0.05) is 36.4 Å². The van der Waals surface area contributed by atoms with Gasteiger partial charge in [-0.25, -0.2) is 0 Å². The van der Waals surface area contributed by atoms with Gasteiger partial charge in [0.25, 0.3) is 0 Å². The third-order valence-corrected chi connectivity index (χ3v) is 4.79. The van der Waals surface area contributed by atoms with Crippen molar-refractivity contribution in [3.05, 3.63) is 71.4 Å². The van der Waals surface area contributed by atoms with E-state index in [-0.39, 0.29) is 5.97 Å². The van der Waals surface area contributed by atoms with E-state index in [4.69, 9.17) is 18.9 Å². The highest BCUT2D eigenvalue weighted by Gasteiger charge is 2.14. The highest BCUT2D eigenvalue weighted by atomic mass is 16.5. The molecule has 0 unspecified atom stereocenters. The summed E-state index contributed by atoms with van der Waals surface area (Å²) in [5, 5.41) is 4.54. The second-order valence-corrected chi connectivity index (χ2v) is 7.15. The third kappa shape index (κ3) is 6.51. The number of nitrogens with zero attached hydrogens (tertiary/aromatic N) is 2. The van der Waals surface area contributed by atoms with Crippen LogP contribution in [0, 0.1) is 0 Å². The molecule has 7 nitrogen and oxygen atoms in total. The molecule has 0 saturated carbocycles. The van der Waals surface area contributed by atoms with Crippen molar-refractivity contribution >= 4 is 5.97 Å². The standard InChI is InChI=1S/C25H30N2O5/c1-4-30-24(28)14-12-21-17-27(26-25(21)31-5-2)16-20-11-13-22(23(15-20)29-3)32-18-19-9-7-6-8-10-19/h6-11,13,15,17H,4-5,12,14,16,18H2,1-3H3. The number of rotatable bonds is 12. The zero-order valence-corrected chi connectivity index (χ0v) is 18.9. The van der Waals surface area contributed by atoms with E-state index in [0.717, 1.165) is 16.7 Å². The number of carbonyl (C=O) groups excluding carboxylic acids is 1. The van der Waals surface area contributed by atoms with Crippen molar-refractivity contribution in [3.8, 4) is 17.4 Å². The minimum atomic E-state index is -0.224. The Morgan fingerprint density at radius 2 is 1.78 bits per heavy atom. The van der Waals surface area contributed by atoms with Crippen molar-refractivity contribution in [1.82, 2.24) is 9.78 Å². The van der Waals surface area contributed by atoms with Gasteiger partial charge in [0.15, 0.2) is 11.5 Å². The predicted molar refractivity (Wildman–Crippen MR) is 121 cm³/mol. The molecule has 1 heterocycles. The van der Waals surface area contributed by atoms with Gasteiger partial charge in [-0.2, -0.15) is 0 Å². The van der Waals surface area contributed by atoms with E-state index in [1.165, 1.54) is 0 Å². The average molecular weight is 439 g/mol. The lowest BCUT2D eigenvalue weighted by Crippen LogP contribution is -2.05. The molecule has 32 heavy (non-hydrogen) atoms. The molecule has 0 radical (unpaired) electrons. The molecule has 0 atom stereocenters. The largest absolute Gasteiger partial charge is 0.493 e. The summed E-state index contributed by atoms with van der Waals surface area (Å²) in [7, 11) is 1.63. The number of benzene rings is 2. The van der Waals surface area contributed by atoms with Gasteiger partial charge in [0.1, 0.15) is 6.61 Å². The first-order valence-electron chi connectivity index (χ1n) is 10.8. The van der Waals surface area contributed by atoms with Gasteiger partial charge in [-0.05, 0) is 43.5 Å². The van der Waals surface area contributed by atoms with Gasteiger partial charge in [0.2, 0.25) is 5.88 Å². The number of aryl methyl sites for hydroxylation is 1. The molecule has 0 fully saturated rings. The smallest absolute Gasteiger partial charge is 0.306 e. The lowest BCUT2D eigenvalue weighted by Gasteiger charge is -2.12.